The SMILES string of the molecule is COC(=O)CCN1C(=O)C(=O)c2ccc(Br)cc21. The van der Waals surface area contributed by atoms with E-state index in [4.69, 9.17) is 0 Å². The van der Waals surface area contributed by atoms with Crippen molar-refractivity contribution in [2.24, 2.45) is 0 Å². The Morgan fingerprint density at radius 3 is 2.78 bits per heavy atom. The second kappa shape index (κ2) is 4.89. The molecule has 0 saturated heterocycles. The number of esters is 1. The Kier molecular flexibility index (Phi) is 3.47. The van der Waals surface area contributed by atoms with Gasteiger partial charge in [-0.1, -0.05) is 15.9 Å². The maximum Gasteiger partial charge on any atom is 0.307 e. The molecule has 1 aliphatic heterocycles. The zero-order valence-electron chi connectivity index (χ0n) is 9.60. The van der Waals surface area contributed by atoms with Gasteiger partial charge in [0.05, 0.1) is 24.8 Å². The van der Waals surface area contributed by atoms with Crippen molar-refractivity contribution in [2.75, 3.05) is 18.6 Å². The topological polar surface area (TPSA) is 63.7 Å². The highest BCUT2D eigenvalue weighted by atomic mass is 79.9. The van der Waals surface area contributed by atoms with Crippen LogP contribution in [0.3, 0.4) is 0 Å². The number of hydrogen-bond donors (Lipinski definition) is 0. The van der Waals surface area contributed by atoms with E-state index in [1.807, 2.05) is 0 Å². The Balaban J connectivity index is 2.27. The van der Waals surface area contributed by atoms with Crippen molar-refractivity contribution < 1.29 is 19.1 Å². The molecule has 2 rings (SSSR count). The maximum absolute atomic E-state index is 11.8. The number of methoxy groups -OCH3 is 1. The molecule has 0 aliphatic carbocycles. The van der Waals surface area contributed by atoms with Gasteiger partial charge in [-0.05, 0) is 18.2 Å². The summed E-state index contributed by atoms with van der Waals surface area (Å²) in [5.41, 5.74) is 0.899. The molecule has 6 heteroatoms. The van der Waals surface area contributed by atoms with Crippen LogP contribution in [0.4, 0.5) is 5.69 Å². The molecule has 0 N–H and O–H groups in total. The lowest BCUT2D eigenvalue weighted by atomic mass is 10.1. The number of carbonyl (C=O) groups is 3. The van der Waals surface area contributed by atoms with Crippen LogP contribution in [0, 0.1) is 0 Å². The molecule has 94 valence electrons. The molecule has 1 aromatic carbocycles. The van der Waals surface area contributed by atoms with Crippen LogP contribution in [0.25, 0.3) is 0 Å². The highest BCUT2D eigenvalue weighted by molar-refractivity contribution is 9.10. The van der Waals surface area contributed by atoms with Gasteiger partial charge in [0.2, 0.25) is 0 Å². The van der Waals surface area contributed by atoms with Gasteiger partial charge in [0.1, 0.15) is 0 Å². The van der Waals surface area contributed by atoms with E-state index in [1.54, 1.807) is 18.2 Å². The summed E-state index contributed by atoms with van der Waals surface area (Å²) in [5, 5.41) is 0. The van der Waals surface area contributed by atoms with Gasteiger partial charge >= 0.3 is 5.97 Å². The summed E-state index contributed by atoms with van der Waals surface area (Å²) >= 11 is 3.29. The summed E-state index contributed by atoms with van der Waals surface area (Å²) in [6, 6.07) is 4.99. The molecular weight excluding hydrogens is 302 g/mol. The average Bonchev–Trinajstić information content (AvgIpc) is 2.59. The van der Waals surface area contributed by atoms with E-state index in [-0.39, 0.29) is 13.0 Å². The zero-order chi connectivity index (χ0) is 13.3. The summed E-state index contributed by atoms with van der Waals surface area (Å²) in [7, 11) is 1.28. The van der Waals surface area contributed by atoms with Crippen LogP contribution in [-0.2, 0) is 14.3 Å². The molecular formula is C12H10BrNO4. The Hall–Kier alpha value is -1.69. The van der Waals surface area contributed by atoms with Gasteiger partial charge in [-0.2, -0.15) is 0 Å². The number of benzene rings is 1. The third-order valence-corrected chi connectivity index (χ3v) is 3.20. The standard InChI is InChI=1S/C12H10BrNO4/c1-18-10(15)4-5-14-9-6-7(13)2-3-8(9)11(16)12(14)17/h2-3,6H,4-5H2,1H3. The third kappa shape index (κ3) is 2.15. The fraction of sp³-hybridized carbons (Fsp3) is 0.250. The third-order valence-electron chi connectivity index (χ3n) is 2.70. The van der Waals surface area contributed by atoms with E-state index in [9.17, 15) is 14.4 Å². The van der Waals surface area contributed by atoms with Crippen LogP contribution in [0.15, 0.2) is 22.7 Å². The number of amides is 1. The van der Waals surface area contributed by atoms with E-state index >= 15 is 0 Å². The van der Waals surface area contributed by atoms with E-state index in [2.05, 4.69) is 20.7 Å². The molecule has 0 bridgehead atoms. The predicted octanol–water partition coefficient (Wildman–Crippen LogP) is 1.54. The summed E-state index contributed by atoms with van der Waals surface area (Å²) in [6.45, 7) is 0.140. The van der Waals surface area contributed by atoms with Gasteiger partial charge < -0.3 is 9.64 Å². The quantitative estimate of drug-likeness (QED) is 0.627. The Labute approximate surface area is 112 Å². The number of anilines is 1. The molecule has 0 radical (unpaired) electrons. The van der Waals surface area contributed by atoms with Crippen LogP contribution in [0.1, 0.15) is 16.8 Å². The van der Waals surface area contributed by atoms with Crippen molar-refractivity contribution in [3.8, 4) is 0 Å². The smallest absolute Gasteiger partial charge is 0.307 e. The number of rotatable bonds is 3. The number of nitrogens with zero attached hydrogens (tertiary/aromatic N) is 1. The molecule has 0 spiro atoms. The first kappa shape index (κ1) is 12.8. The van der Waals surface area contributed by atoms with Crippen molar-refractivity contribution >= 4 is 39.3 Å². The van der Waals surface area contributed by atoms with Crippen molar-refractivity contribution in [3.05, 3.63) is 28.2 Å². The molecule has 0 unspecified atom stereocenters. The minimum atomic E-state index is -0.605. The van der Waals surface area contributed by atoms with Crippen LogP contribution < -0.4 is 4.90 Å². The summed E-state index contributed by atoms with van der Waals surface area (Å²) in [5.74, 6) is -1.56. The number of fused-ring (bicyclic) bond motifs is 1. The second-order valence-electron chi connectivity index (χ2n) is 3.77. The molecule has 1 amide bonds. The van der Waals surface area contributed by atoms with Crippen LogP contribution in [0.2, 0.25) is 0 Å². The molecule has 5 nitrogen and oxygen atoms in total. The van der Waals surface area contributed by atoms with E-state index < -0.39 is 17.7 Å². The first-order valence-electron chi connectivity index (χ1n) is 5.27. The maximum atomic E-state index is 11.8. The van der Waals surface area contributed by atoms with Gasteiger partial charge in [-0.25, -0.2) is 0 Å². The van der Waals surface area contributed by atoms with Crippen molar-refractivity contribution in [3.63, 3.8) is 0 Å². The molecule has 0 atom stereocenters. The number of carbonyl (C=O) groups excluding carboxylic acids is 3. The van der Waals surface area contributed by atoms with Crippen LogP contribution in [0.5, 0.6) is 0 Å². The normalized spacial score (nSPS) is 13.8. The Morgan fingerprint density at radius 1 is 1.39 bits per heavy atom. The minimum absolute atomic E-state index is 0.0570. The Morgan fingerprint density at radius 2 is 2.11 bits per heavy atom. The number of ether oxygens (including phenoxy) is 1. The number of halogens is 1. The van der Waals surface area contributed by atoms with E-state index in [0.29, 0.717) is 11.3 Å². The highest BCUT2D eigenvalue weighted by Gasteiger charge is 2.35. The average molecular weight is 312 g/mol. The number of Topliss-reactive ketones (excluding diaryl/α,β-unsaturated/α-hetero) is 1. The molecule has 0 saturated carbocycles. The van der Waals surface area contributed by atoms with Crippen molar-refractivity contribution in [2.45, 2.75) is 6.42 Å². The molecule has 1 aliphatic rings. The van der Waals surface area contributed by atoms with E-state index in [1.165, 1.54) is 12.0 Å². The van der Waals surface area contributed by atoms with Gasteiger partial charge in [-0.15, -0.1) is 0 Å². The monoisotopic (exact) mass is 311 g/mol. The molecule has 18 heavy (non-hydrogen) atoms. The molecule has 1 aromatic rings. The van der Waals surface area contributed by atoms with E-state index in [0.717, 1.165) is 4.47 Å². The summed E-state index contributed by atoms with van der Waals surface area (Å²) in [4.78, 5) is 35.9. The lowest BCUT2D eigenvalue weighted by Crippen LogP contribution is -2.31. The molecule has 0 fully saturated rings. The van der Waals surface area contributed by atoms with Crippen LogP contribution >= 0.6 is 15.9 Å². The van der Waals surface area contributed by atoms with Crippen molar-refractivity contribution in [1.82, 2.24) is 0 Å². The number of hydrogen-bond acceptors (Lipinski definition) is 4. The zero-order valence-corrected chi connectivity index (χ0v) is 11.2. The van der Waals surface area contributed by atoms with Gasteiger partial charge in [0, 0.05) is 11.0 Å². The first-order valence-corrected chi connectivity index (χ1v) is 6.06. The predicted molar refractivity (Wildman–Crippen MR) is 67.5 cm³/mol. The summed E-state index contributed by atoms with van der Waals surface area (Å²) < 4.78 is 5.28. The Bertz CT molecular complexity index is 541. The first-order chi connectivity index (χ1) is 8.54. The fourth-order valence-corrected chi connectivity index (χ4v) is 2.14. The van der Waals surface area contributed by atoms with Crippen molar-refractivity contribution in [1.29, 1.82) is 0 Å². The summed E-state index contributed by atoms with van der Waals surface area (Å²) in [6.07, 6.45) is 0.0570. The lowest BCUT2D eigenvalue weighted by Gasteiger charge is -2.15. The minimum Gasteiger partial charge on any atom is -0.469 e. The molecule has 0 aromatic heterocycles. The molecule has 1 heterocycles. The highest BCUT2D eigenvalue weighted by Crippen LogP contribution is 2.31. The van der Waals surface area contributed by atoms with Gasteiger partial charge in [0.25, 0.3) is 11.7 Å². The van der Waals surface area contributed by atoms with Gasteiger partial charge in [0.15, 0.2) is 0 Å². The lowest BCUT2D eigenvalue weighted by molar-refractivity contribution is -0.140. The largest absolute Gasteiger partial charge is 0.469 e. The fourth-order valence-electron chi connectivity index (χ4n) is 1.79. The number of ketones is 1. The van der Waals surface area contributed by atoms with Gasteiger partial charge in [-0.3, -0.25) is 14.4 Å². The second-order valence-corrected chi connectivity index (χ2v) is 4.69. The van der Waals surface area contributed by atoms with Crippen LogP contribution in [-0.4, -0.2) is 31.3 Å².